The molecule has 0 unspecified atom stereocenters. The van der Waals surface area contributed by atoms with Gasteiger partial charge >= 0.3 is 0 Å². The third-order valence-electron chi connectivity index (χ3n) is 3.51. The van der Waals surface area contributed by atoms with Gasteiger partial charge in [0.15, 0.2) is 0 Å². The molecule has 0 fully saturated rings. The molecule has 0 spiro atoms. The Hall–Kier alpha value is -1.91. The Kier molecular flexibility index (Phi) is 4.94. The molecule has 1 heterocycles. The van der Waals surface area contributed by atoms with Crippen LogP contribution in [0.3, 0.4) is 0 Å². The van der Waals surface area contributed by atoms with Gasteiger partial charge in [0, 0.05) is 22.0 Å². The zero-order valence-corrected chi connectivity index (χ0v) is 14.8. The number of hydrogen-bond acceptors (Lipinski definition) is 3. The van der Waals surface area contributed by atoms with Gasteiger partial charge in [-0.3, -0.25) is 0 Å². The molecule has 3 rings (SSSR count). The Morgan fingerprint density at radius 2 is 1.87 bits per heavy atom. The number of rotatable bonds is 4. The molecule has 0 saturated carbocycles. The number of benzene rings is 2. The standard InChI is InChI=1S/C19H18BrNO2/c1-3-22-12-15-10-14-11-16(20)6-9-18(14)23-19(15)21-17-7-4-13(2)5-8-17/h4-11H,3,12H2,1-2H3. The van der Waals surface area contributed by atoms with Gasteiger partial charge in [0.2, 0.25) is 5.55 Å². The Balaban J connectivity index is 2.15. The highest BCUT2D eigenvalue weighted by Crippen LogP contribution is 2.20. The summed E-state index contributed by atoms with van der Waals surface area (Å²) < 4.78 is 12.6. The molecule has 0 amide bonds. The Morgan fingerprint density at radius 3 is 2.61 bits per heavy atom. The number of halogens is 1. The van der Waals surface area contributed by atoms with Crippen LogP contribution in [0, 0.1) is 6.92 Å². The van der Waals surface area contributed by atoms with Crippen LogP contribution < -0.4 is 5.55 Å². The van der Waals surface area contributed by atoms with Crippen molar-refractivity contribution in [2.24, 2.45) is 4.99 Å². The molecule has 0 atom stereocenters. The van der Waals surface area contributed by atoms with Gasteiger partial charge in [-0.05, 0) is 50.2 Å². The molecular weight excluding hydrogens is 354 g/mol. The van der Waals surface area contributed by atoms with Crippen molar-refractivity contribution in [2.45, 2.75) is 20.5 Å². The van der Waals surface area contributed by atoms with Gasteiger partial charge in [-0.1, -0.05) is 33.6 Å². The summed E-state index contributed by atoms with van der Waals surface area (Å²) in [5.74, 6) is 0. The second-order valence-corrected chi connectivity index (χ2v) is 6.26. The number of nitrogens with zero attached hydrogens (tertiary/aromatic N) is 1. The lowest BCUT2D eigenvalue weighted by molar-refractivity contribution is 0.131. The molecule has 3 aromatic rings. The Morgan fingerprint density at radius 1 is 1.09 bits per heavy atom. The van der Waals surface area contributed by atoms with Crippen molar-refractivity contribution in [3.8, 4) is 0 Å². The van der Waals surface area contributed by atoms with Gasteiger partial charge in [-0.25, -0.2) is 4.99 Å². The summed E-state index contributed by atoms with van der Waals surface area (Å²) >= 11 is 3.49. The van der Waals surface area contributed by atoms with E-state index in [1.807, 2.05) is 49.4 Å². The van der Waals surface area contributed by atoms with Crippen molar-refractivity contribution in [1.82, 2.24) is 0 Å². The summed E-state index contributed by atoms with van der Waals surface area (Å²) in [6.45, 7) is 5.17. The van der Waals surface area contributed by atoms with Crippen LogP contribution in [0.2, 0.25) is 0 Å². The minimum atomic E-state index is 0.479. The summed E-state index contributed by atoms with van der Waals surface area (Å²) in [5.41, 5.74) is 4.42. The van der Waals surface area contributed by atoms with Gasteiger partial charge in [-0.15, -0.1) is 0 Å². The van der Waals surface area contributed by atoms with Crippen molar-refractivity contribution in [3.63, 3.8) is 0 Å². The second-order valence-electron chi connectivity index (χ2n) is 5.34. The highest BCUT2D eigenvalue weighted by Gasteiger charge is 2.05. The van der Waals surface area contributed by atoms with Crippen LogP contribution in [0.25, 0.3) is 11.0 Å². The van der Waals surface area contributed by atoms with E-state index in [2.05, 4.69) is 33.9 Å². The highest BCUT2D eigenvalue weighted by atomic mass is 79.9. The normalized spacial score (nSPS) is 12.0. The maximum atomic E-state index is 6.01. The molecule has 4 heteroatoms. The van der Waals surface area contributed by atoms with E-state index in [1.54, 1.807) is 0 Å². The van der Waals surface area contributed by atoms with E-state index in [0.717, 1.165) is 26.7 Å². The van der Waals surface area contributed by atoms with E-state index in [4.69, 9.17) is 9.15 Å². The molecule has 3 nitrogen and oxygen atoms in total. The molecular formula is C19H18BrNO2. The quantitative estimate of drug-likeness (QED) is 0.625. The third-order valence-corrected chi connectivity index (χ3v) is 4.00. The molecule has 0 aliphatic heterocycles. The first-order valence-electron chi connectivity index (χ1n) is 7.57. The summed E-state index contributed by atoms with van der Waals surface area (Å²) in [7, 11) is 0. The van der Waals surface area contributed by atoms with Crippen molar-refractivity contribution in [3.05, 3.63) is 69.7 Å². The molecule has 0 aliphatic carbocycles. The van der Waals surface area contributed by atoms with E-state index in [1.165, 1.54) is 5.56 Å². The molecule has 0 N–H and O–H groups in total. The number of aryl methyl sites for hydroxylation is 1. The smallest absolute Gasteiger partial charge is 0.225 e. The number of fused-ring (bicyclic) bond motifs is 1. The maximum absolute atomic E-state index is 6.01. The lowest BCUT2D eigenvalue weighted by atomic mass is 10.2. The first-order valence-corrected chi connectivity index (χ1v) is 8.36. The largest absolute Gasteiger partial charge is 0.438 e. The van der Waals surface area contributed by atoms with E-state index in [9.17, 15) is 0 Å². The van der Waals surface area contributed by atoms with E-state index in [0.29, 0.717) is 18.8 Å². The van der Waals surface area contributed by atoms with Crippen LogP contribution in [-0.2, 0) is 11.3 Å². The van der Waals surface area contributed by atoms with Crippen LogP contribution in [0.5, 0.6) is 0 Å². The predicted molar refractivity (Wildman–Crippen MR) is 95.6 cm³/mol. The lowest BCUT2D eigenvalue weighted by Gasteiger charge is -2.05. The minimum Gasteiger partial charge on any atom is -0.438 e. The van der Waals surface area contributed by atoms with Gasteiger partial charge < -0.3 is 9.15 Å². The van der Waals surface area contributed by atoms with Crippen LogP contribution in [0.4, 0.5) is 5.69 Å². The first-order chi connectivity index (χ1) is 11.2. The number of hydrogen-bond donors (Lipinski definition) is 0. The van der Waals surface area contributed by atoms with Crippen LogP contribution in [0.1, 0.15) is 18.1 Å². The molecule has 0 saturated heterocycles. The number of ether oxygens (including phenoxy) is 1. The molecule has 0 radical (unpaired) electrons. The summed E-state index contributed by atoms with van der Waals surface area (Å²) in [6.07, 6.45) is 0. The fraction of sp³-hybridized carbons (Fsp3) is 0.211. The van der Waals surface area contributed by atoms with E-state index < -0.39 is 0 Å². The maximum Gasteiger partial charge on any atom is 0.225 e. The van der Waals surface area contributed by atoms with Gasteiger partial charge in [0.25, 0.3) is 0 Å². The van der Waals surface area contributed by atoms with E-state index in [-0.39, 0.29) is 0 Å². The Labute approximate surface area is 143 Å². The molecule has 118 valence electrons. The SMILES string of the molecule is CCOCc1cc2cc(Br)ccc2oc1=Nc1ccc(C)cc1. The van der Waals surface area contributed by atoms with E-state index >= 15 is 0 Å². The summed E-state index contributed by atoms with van der Waals surface area (Å²) in [5, 5.41) is 1.02. The average Bonchev–Trinajstić information content (AvgIpc) is 2.55. The fourth-order valence-electron chi connectivity index (χ4n) is 2.29. The third kappa shape index (κ3) is 3.89. The topological polar surface area (TPSA) is 34.7 Å². The fourth-order valence-corrected chi connectivity index (χ4v) is 2.67. The van der Waals surface area contributed by atoms with Gasteiger partial charge in [0.1, 0.15) is 5.58 Å². The monoisotopic (exact) mass is 371 g/mol. The van der Waals surface area contributed by atoms with Crippen LogP contribution in [0.15, 0.2) is 62.4 Å². The van der Waals surface area contributed by atoms with Crippen molar-refractivity contribution in [1.29, 1.82) is 0 Å². The zero-order chi connectivity index (χ0) is 16.2. The molecule has 23 heavy (non-hydrogen) atoms. The first kappa shape index (κ1) is 16.0. The molecule has 2 aromatic carbocycles. The molecule has 0 aliphatic rings. The van der Waals surface area contributed by atoms with Crippen molar-refractivity contribution in [2.75, 3.05) is 6.61 Å². The van der Waals surface area contributed by atoms with Gasteiger partial charge in [-0.2, -0.15) is 0 Å². The van der Waals surface area contributed by atoms with Crippen molar-refractivity contribution >= 4 is 32.6 Å². The lowest BCUT2D eigenvalue weighted by Crippen LogP contribution is -2.10. The molecule has 0 bridgehead atoms. The highest BCUT2D eigenvalue weighted by molar-refractivity contribution is 9.10. The van der Waals surface area contributed by atoms with Crippen molar-refractivity contribution < 1.29 is 9.15 Å². The van der Waals surface area contributed by atoms with Crippen LogP contribution >= 0.6 is 15.9 Å². The zero-order valence-electron chi connectivity index (χ0n) is 13.2. The van der Waals surface area contributed by atoms with Gasteiger partial charge in [0.05, 0.1) is 12.3 Å². The minimum absolute atomic E-state index is 0.479. The Bertz CT molecular complexity index is 882. The van der Waals surface area contributed by atoms with Crippen LogP contribution in [-0.4, -0.2) is 6.61 Å². The average molecular weight is 372 g/mol. The second kappa shape index (κ2) is 7.11. The summed E-state index contributed by atoms with van der Waals surface area (Å²) in [6, 6.07) is 16.1. The summed E-state index contributed by atoms with van der Waals surface area (Å²) in [4.78, 5) is 4.65. The molecule has 1 aromatic heterocycles. The predicted octanol–water partition coefficient (Wildman–Crippen LogP) is 5.27.